The Morgan fingerprint density at radius 3 is 2.56 bits per heavy atom. The number of methoxy groups -OCH3 is 1. The van der Waals surface area contributed by atoms with Gasteiger partial charge in [0.25, 0.3) is 11.5 Å². The molecule has 2 aliphatic rings. The van der Waals surface area contributed by atoms with Gasteiger partial charge in [0.2, 0.25) is 0 Å². The van der Waals surface area contributed by atoms with E-state index in [0.717, 1.165) is 0 Å². The van der Waals surface area contributed by atoms with Crippen molar-refractivity contribution in [2.24, 2.45) is 5.92 Å². The summed E-state index contributed by atoms with van der Waals surface area (Å²) < 4.78 is 12.3. The molecular weight excluding hydrogens is 500 g/mol. The standard InChI is InChI=1S/C25H32N4O5S2/c1-5-28-21(27-11-8-17(9-12-27)24(32)34-6-2)18(16(3)19(15-26)22(28)30)14-20-23(31)29(25(35)36-20)10-7-13-33-4/h14,17H,5-13H2,1-4H3/b20-14-. The molecule has 0 unspecified atom stereocenters. The number of carbonyl (C=O) groups is 2. The number of pyridine rings is 1. The van der Waals surface area contributed by atoms with E-state index in [1.165, 1.54) is 11.8 Å². The summed E-state index contributed by atoms with van der Waals surface area (Å²) in [6.45, 7) is 8.16. The van der Waals surface area contributed by atoms with Crippen molar-refractivity contribution in [3.63, 3.8) is 0 Å². The summed E-state index contributed by atoms with van der Waals surface area (Å²) in [6, 6.07) is 2.05. The van der Waals surface area contributed by atoms with E-state index in [0.29, 0.717) is 84.8 Å². The molecule has 36 heavy (non-hydrogen) atoms. The fourth-order valence-corrected chi connectivity index (χ4v) is 5.85. The zero-order valence-electron chi connectivity index (χ0n) is 21.2. The van der Waals surface area contributed by atoms with Crippen LogP contribution in [0.4, 0.5) is 5.82 Å². The maximum Gasteiger partial charge on any atom is 0.309 e. The summed E-state index contributed by atoms with van der Waals surface area (Å²) in [5, 5.41) is 9.75. The minimum absolute atomic E-state index is 0.0591. The molecular formula is C25H32N4O5S2. The number of hydrogen-bond acceptors (Lipinski definition) is 9. The first-order chi connectivity index (χ1) is 17.3. The number of ether oxygens (including phenoxy) is 2. The molecule has 0 radical (unpaired) electrons. The Morgan fingerprint density at radius 1 is 1.28 bits per heavy atom. The lowest BCUT2D eigenvalue weighted by Crippen LogP contribution is -2.41. The fraction of sp³-hybridized carbons (Fsp3) is 0.560. The summed E-state index contributed by atoms with van der Waals surface area (Å²) in [5.74, 6) is 0.0823. The molecule has 1 aromatic heterocycles. The number of piperidine rings is 1. The smallest absolute Gasteiger partial charge is 0.309 e. The Morgan fingerprint density at radius 2 is 1.97 bits per heavy atom. The summed E-state index contributed by atoms with van der Waals surface area (Å²) >= 11 is 6.67. The molecule has 0 aromatic carbocycles. The Labute approximate surface area is 221 Å². The molecule has 0 spiro atoms. The topological polar surface area (TPSA) is 105 Å². The number of carbonyl (C=O) groups excluding carboxylic acids is 2. The molecule has 0 atom stereocenters. The zero-order valence-corrected chi connectivity index (χ0v) is 22.8. The SMILES string of the molecule is CCOC(=O)C1CCN(c2c(/C=C3\SC(=S)N(CCCOC)C3=O)c(C)c(C#N)c(=O)n2CC)CC1. The number of thioether (sulfide) groups is 1. The largest absolute Gasteiger partial charge is 0.466 e. The second-order valence-electron chi connectivity index (χ2n) is 8.59. The molecule has 0 saturated carbocycles. The highest BCUT2D eigenvalue weighted by Gasteiger charge is 2.34. The van der Waals surface area contributed by atoms with Crippen LogP contribution in [0.1, 0.15) is 49.8 Å². The van der Waals surface area contributed by atoms with Crippen molar-refractivity contribution >= 4 is 52.1 Å². The average Bonchev–Trinajstić information content (AvgIpc) is 3.13. The lowest BCUT2D eigenvalue weighted by Gasteiger charge is -2.35. The maximum absolute atomic E-state index is 13.2. The number of nitrogens with zero attached hydrogens (tertiary/aromatic N) is 4. The van der Waals surface area contributed by atoms with Gasteiger partial charge in [-0.25, -0.2) is 0 Å². The first-order valence-corrected chi connectivity index (χ1v) is 13.3. The van der Waals surface area contributed by atoms with Crippen LogP contribution < -0.4 is 10.5 Å². The molecule has 2 saturated heterocycles. The molecule has 0 bridgehead atoms. The van der Waals surface area contributed by atoms with E-state index in [9.17, 15) is 19.6 Å². The number of hydrogen-bond donors (Lipinski definition) is 0. The summed E-state index contributed by atoms with van der Waals surface area (Å²) in [4.78, 5) is 42.7. The van der Waals surface area contributed by atoms with Gasteiger partial charge in [0, 0.05) is 45.5 Å². The third-order valence-corrected chi connectivity index (χ3v) is 7.83. The number of esters is 1. The highest BCUT2D eigenvalue weighted by molar-refractivity contribution is 8.26. The molecule has 1 aromatic rings. The van der Waals surface area contributed by atoms with Crippen molar-refractivity contribution in [2.45, 2.75) is 46.6 Å². The summed E-state index contributed by atoms with van der Waals surface area (Å²) in [6.07, 6.45) is 3.60. The first-order valence-electron chi connectivity index (χ1n) is 12.1. The highest BCUT2D eigenvalue weighted by atomic mass is 32.2. The van der Waals surface area contributed by atoms with E-state index >= 15 is 0 Å². The van der Waals surface area contributed by atoms with Gasteiger partial charge in [0.05, 0.1) is 17.4 Å². The minimum Gasteiger partial charge on any atom is -0.466 e. The number of amides is 1. The van der Waals surface area contributed by atoms with Crippen LogP contribution >= 0.6 is 24.0 Å². The van der Waals surface area contributed by atoms with Gasteiger partial charge < -0.3 is 14.4 Å². The van der Waals surface area contributed by atoms with Gasteiger partial charge in [0.15, 0.2) is 0 Å². The molecule has 3 heterocycles. The summed E-state index contributed by atoms with van der Waals surface area (Å²) in [7, 11) is 1.61. The second kappa shape index (κ2) is 12.5. The number of anilines is 1. The van der Waals surface area contributed by atoms with Crippen LogP contribution in [0.2, 0.25) is 0 Å². The van der Waals surface area contributed by atoms with Crippen molar-refractivity contribution in [3.05, 3.63) is 31.9 Å². The Balaban J connectivity index is 2.04. The molecule has 2 fully saturated rings. The number of thiocarbonyl (C=S) groups is 1. The number of rotatable bonds is 9. The maximum atomic E-state index is 13.2. The summed E-state index contributed by atoms with van der Waals surface area (Å²) in [5.41, 5.74) is 0.882. The van der Waals surface area contributed by atoms with Crippen LogP contribution in [-0.2, 0) is 25.6 Å². The average molecular weight is 533 g/mol. The van der Waals surface area contributed by atoms with Crippen molar-refractivity contribution in [3.8, 4) is 6.07 Å². The van der Waals surface area contributed by atoms with E-state index in [4.69, 9.17) is 21.7 Å². The van der Waals surface area contributed by atoms with E-state index in [2.05, 4.69) is 4.90 Å². The van der Waals surface area contributed by atoms with Gasteiger partial charge in [-0.15, -0.1) is 0 Å². The molecule has 3 rings (SSSR count). The van der Waals surface area contributed by atoms with Gasteiger partial charge >= 0.3 is 5.97 Å². The van der Waals surface area contributed by atoms with Crippen molar-refractivity contribution in [1.29, 1.82) is 5.26 Å². The van der Waals surface area contributed by atoms with Crippen LogP contribution in [0.3, 0.4) is 0 Å². The Kier molecular flexibility index (Phi) is 9.70. The van der Waals surface area contributed by atoms with Gasteiger partial charge in [-0.1, -0.05) is 24.0 Å². The predicted octanol–water partition coefficient (Wildman–Crippen LogP) is 3.07. The van der Waals surface area contributed by atoms with Crippen LogP contribution in [0, 0.1) is 24.2 Å². The van der Waals surface area contributed by atoms with E-state index in [1.54, 1.807) is 36.5 Å². The monoisotopic (exact) mass is 532 g/mol. The highest BCUT2D eigenvalue weighted by Crippen LogP contribution is 2.36. The lowest BCUT2D eigenvalue weighted by atomic mass is 9.95. The van der Waals surface area contributed by atoms with Crippen LogP contribution in [0.5, 0.6) is 0 Å². The Hall–Kier alpha value is -2.68. The molecule has 0 N–H and O–H groups in total. The van der Waals surface area contributed by atoms with E-state index < -0.39 is 0 Å². The van der Waals surface area contributed by atoms with Crippen LogP contribution in [0.15, 0.2) is 9.70 Å². The molecule has 194 valence electrons. The lowest BCUT2D eigenvalue weighted by molar-refractivity contribution is -0.148. The van der Waals surface area contributed by atoms with E-state index in [-0.39, 0.29) is 28.9 Å². The Bertz CT molecular complexity index is 1160. The van der Waals surface area contributed by atoms with Gasteiger partial charge in [-0.2, -0.15) is 5.26 Å². The predicted molar refractivity (Wildman–Crippen MR) is 144 cm³/mol. The quantitative estimate of drug-likeness (QED) is 0.205. The molecule has 1 amide bonds. The van der Waals surface area contributed by atoms with Gasteiger partial charge in [0.1, 0.15) is 21.8 Å². The van der Waals surface area contributed by atoms with Gasteiger partial charge in [-0.3, -0.25) is 23.9 Å². The number of nitriles is 1. The second-order valence-corrected chi connectivity index (χ2v) is 10.3. The molecule has 0 aliphatic carbocycles. The van der Waals surface area contributed by atoms with Crippen LogP contribution in [-0.4, -0.2) is 65.6 Å². The van der Waals surface area contributed by atoms with Crippen LogP contribution in [0.25, 0.3) is 6.08 Å². The first kappa shape index (κ1) is 27.9. The third-order valence-electron chi connectivity index (χ3n) is 6.46. The fourth-order valence-electron chi connectivity index (χ4n) is 4.56. The zero-order chi connectivity index (χ0) is 26.4. The minimum atomic E-state index is -0.357. The third kappa shape index (κ3) is 5.66. The van der Waals surface area contributed by atoms with Crippen molar-refractivity contribution < 1.29 is 19.1 Å². The van der Waals surface area contributed by atoms with E-state index in [1.807, 2.05) is 13.0 Å². The number of aromatic nitrogens is 1. The van der Waals surface area contributed by atoms with Crippen molar-refractivity contribution in [1.82, 2.24) is 9.47 Å². The molecule has 11 heteroatoms. The molecule has 9 nitrogen and oxygen atoms in total. The van der Waals surface area contributed by atoms with Gasteiger partial charge in [-0.05, 0) is 51.7 Å². The van der Waals surface area contributed by atoms with Crippen molar-refractivity contribution in [2.75, 3.05) is 44.9 Å². The molecule has 2 aliphatic heterocycles. The normalized spacial score (nSPS) is 17.7.